The predicted molar refractivity (Wildman–Crippen MR) is 162 cm³/mol. The predicted octanol–water partition coefficient (Wildman–Crippen LogP) is 10.6. The fourth-order valence-corrected chi connectivity index (χ4v) is 6.15. The van der Waals surface area contributed by atoms with Crippen LogP contribution in [0.2, 0.25) is 0 Å². The van der Waals surface area contributed by atoms with Gasteiger partial charge in [-0.1, -0.05) is 127 Å². The molecule has 1 aliphatic rings. The van der Waals surface area contributed by atoms with E-state index in [9.17, 15) is 0 Å². The zero-order chi connectivity index (χ0) is 25.1. The van der Waals surface area contributed by atoms with Crippen molar-refractivity contribution in [1.82, 2.24) is 0 Å². The van der Waals surface area contributed by atoms with Gasteiger partial charge in [0, 0.05) is 0 Å². The van der Waals surface area contributed by atoms with Gasteiger partial charge in [-0.3, -0.25) is 0 Å². The van der Waals surface area contributed by atoms with Crippen LogP contribution in [-0.4, -0.2) is 0 Å². The highest BCUT2D eigenvalue weighted by Gasteiger charge is 2.23. The molecule has 38 heavy (non-hydrogen) atoms. The van der Waals surface area contributed by atoms with Gasteiger partial charge in [0.2, 0.25) is 0 Å². The van der Waals surface area contributed by atoms with E-state index in [1.165, 1.54) is 77.2 Å². The van der Waals surface area contributed by atoms with Crippen molar-refractivity contribution in [2.45, 2.75) is 0 Å². The lowest BCUT2D eigenvalue weighted by Crippen LogP contribution is -1.85. The first-order chi connectivity index (χ1) is 18.8. The molecule has 0 heterocycles. The Morgan fingerprint density at radius 2 is 0.895 bits per heavy atom. The fourth-order valence-electron chi connectivity index (χ4n) is 6.15. The van der Waals surface area contributed by atoms with Crippen LogP contribution in [0, 0.1) is 0 Å². The van der Waals surface area contributed by atoms with Crippen molar-refractivity contribution >= 4 is 21.5 Å². The molecule has 0 amide bonds. The Kier molecular flexibility index (Phi) is 4.62. The summed E-state index contributed by atoms with van der Waals surface area (Å²) in [4.78, 5) is 0. The lowest BCUT2D eigenvalue weighted by molar-refractivity contribution is 1.60. The van der Waals surface area contributed by atoms with Gasteiger partial charge in [-0.25, -0.2) is 0 Å². The number of hydrogen-bond acceptors (Lipinski definition) is 0. The van der Waals surface area contributed by atoms with Crippen LogP contribution in [0.5, 0.6) is 0 Å². The molecule has 0 atom stereocenters. The van der Waals surface area contributed by atoms with E-state index in [-0.39, 0.29) is 0 Å². The van der Waals surface area contributed by atoms with Crippen LogP contribution in [-0.2, 0) is 0 Å². The average molecular weight is 481 g/mol. The standard InChI is InChI=1S/C38H24/c1-2-8-25(9-3-1)28-12-6-13-31(23-28)32-20-21-36-33-19-18-30(24-37(33)35-15-7-14-34(32)38(35)36)29-17-16-26-10-4-5-11-27(26)22-29/h1-24H. The molecule has 0 saturated carbocycles. The molecule has 1 aliphatic carbocycles. The number of benzene rings is 7. The third-order valence-corrected chi connectivity index (χ3v) is 8.00. The van der Waals surface area contributed by atoms with E-state index in [0.29, 0.717) is 0 Å². The minimum Gasteiger partial charge on any atom is -0.0622 e. The number of fused-ring (bicyclic) bond motifs is 4. The molecule has 0 N–H and O–H groups in total. The molecule has 7 aromatic rings. The maximum atomic E-state index is 2.38. The van der Waals surface area contributed by atoms with Gasteiger partial charge in [0.05, 0.1) is 0 Å². The molecule has 8 rings (SSSR count). The Labute approximate surface area is 222 Å². The summed E-state index contributed by atoms with van der Waals surface area (Å²) in [5, 5.41) is 5.23. The van der Waals surface area contributed by atoms with Crippen molar-refractivity contribution in [2.75, 3.05) is 0 Å². The highest BCUT2D eigenvalue weighted by Crippen LogP contribution is 2.50. The molecule has 0 bridgehead atoms. The van der Waals surface area contributed by atoms with Gasteiger partial charge in [-0.15, -0.1) is 0 Å². The van der Waals surface area contributed by atoms with Crippen LogP contribution in [0.4, 0.5) is 0 Å². The number of rotatable bonds is 3. The molecule has 0 radical (unpaired) electrons. The van der Waals surface area contributed by atoms with Crippen molar-refractivity contribution in [3.63, 3.8) is 0 Å². The van der Waals surface area contributed by atoms with Crippen molar-refractivity contribution in [3.8, 4) is 55.6 Å². The monoisotopic (exact) mass is 480 g/mol. The highest BCUT2D eigenvalue weighted by atomic mass is 14.3. The summed E-state index contributed by atoms with van der Waals surface area (Å²) in [5.74, 6) is 0. The van der Waals surface area contributed by atoms with Gasteiger partial charge >= 0.3 is 0 Å². The second-order valence-electron chi connectivity index (χ2n) is 10.2. The Hall–Kier alpha value is -4.94. The Balaban J connectivity index is 1.27. The fraction of sp³-hybridized carbons (Fsp3) is 0. The average Bonchev–Trinajstić information content (AvgIpc) is 3.32. The minimum atomic E-state index is 1.24. The largest absolute Gasteiger partial charge is 0.0622 e. The van der Waals surface area contributed by atoms with Gasteiger partial charge in [-0.05, 0) is 95.4 Å². The summed E-state index contributed by atoms with van der Waals surface area (Å²) in [7, 11) is 0. The SMILES string of the molecule is c1ccc(-c2cccc(-c3ccc4c5c(cccc35)-c3cc(-c5ccc6ccccc6c5)ccc3-4)c2)cc1. The second kappa shape index (κ2) is 8.30. The highest BCUT2D eigenvalue weighted by molar-refractivity contribution is 6.19. The topological polar surface area (TPSA) is 0 Å². The van der Waals surface area contributed by atoms with Crippen LogP contribution < -0.4 is 0 Å². The second-order valence-corrected chi connectivity index (χ2v) is 10.2. The van der Waals surface area contributed by atoms with E-state index in [1.807, 2.05) is 0 Å². The molecule has 7 aromatic carbocycles. The van der Waals surface area contributed by atoms with E-state index in [0.717, 1.165) is 0 Å². The van der Waals surface area contributed by atoms with Crippen molar-refractivity contribution in [3.05, 3.63) is 146 Å². The summed E-state index contributed by atoms with van der Waals surface area (Å²) < 4.78 is 0. The third-order valence-electron chi connectivity index (χ3n) is 8.00. The van der Waals surface area contributed by atoms with Gasteiger partial charge in [0.1, 0.15) is 0 Å². The Morgan fingerprint density at radius 1 is 0.263 bits per heavy atom. The van der Waals surface area contributed by atoms with Crippen LogP contribution in [0.15, 0.2) is 146 Å². The molecule has 0 spiro atoms. The van der Waals surface area contributed by atoms with E-state index >= 15 is 0 Å². The maximum absolute atomic E-state index is 2.38. The quantitative estimate of drug-likeness (QED) is 0.236. The summed E-state index contributed by atoms with van der Waals surface area (Å²) in [6, 6.07) is 53.3. The van der Waals surface area contributed by atoms with Crippen molar-refractivity contribution in [1.29, 1.82) is 0 Å². The maximum Gasteiger partial charge on any atom is -0.00201 e. The molecule has 0 saturated heterocycles. The molecule has 176 valence electrons. The lowest BCUT2D eigenvalue weighted by Gasteiger charge is -2.11. The van der Waals surface area contributed by atoms with E-state index < -0.39 is 0 Å². The summed E-state index contributed by atoms with van der Waals surface area (Å²) in [6.45, 7) is 0. The smallest absolute Gasteiger partial charge is 0.00201 e. The van der Waals surface area contributed by atoms with Gasteiger partial charge < -0.3 is 0 Å². The third kappa shape index (κ3) is 3.24. The van der Waals surface area contributed by atoms with Gasteiger partial charge in [-0.2, -0.15) is 0 Å². The molecule has 0 fully saturated rings. The van der Waals surface area contributed by atoms with Crippen LogP contribution >= 0.6 is 0 Å². The van der Waals surface area contributed by atoms with Crippen LogP contribution in [0.1, 0.15) is 0 Å². The zero-order valence-corrected chi connectivity index (χ0v) is 20.9. The summed E-state index contributed by atoms with van der Waals surface area (Å²) >= 11 is 0. The Morgan fingerprint density at radius 3 is 1.82 bits per heavy atom. The molecular weight excluding hydrogens is 456 g/mol. The normalized spacial score (nSPS) is 11.7. The van der Waals surface area contributed by atoms with Gasteiger partial charge in [0.25, 0.3) is 0 Å². The lowest BCUT2D eigenvalue weighted by atomic mass is 9.92. The zero-order valence-electron chi connectivity index (χ0n) is 20.9. The number of hydrogen-bond donors (Lipinski definition) is 0. The first-order valence-electron chi connectivity index (χ1n) is 13.2. The van der Waals surface area contributed by atoms with E-state index in [2.05, 4.69) is 146 Å². The molecule has 0 nitrogen and oxygen atoms in total. The Bertz CT molecular complexity index is 2010. The van der Waals surface area contributed by atoms with Gasteiger partial charge in [0.15, 0.2) is 0 Å². The first kappa shape index (κ1) is 21.2. The molecule has 0 aliphatic heterocycles. The minimum absolute atomic E-state index is 1.24. The molecular formula is C38H24. The molecule has 0 heteroatoms. The van der Waals surface area contributed by atoms with Crippen LogP contribution in [0.3, 0.4) is 0 Å². The first-order valence-corrected chi connectivity index (χ1v) is 13.2. The molecule has 0 aromatic heterocycles. The van der Waals surface area contributed by atoms with E-state index in [4.69, 9.17) is 0 Å². The van der Waals surface area contributed by atoms with Crippen molar-refractivity contribution in [2.24, 2.45) is 0 Å². The van der Waals surface area contributed by atoms with E-state index in [1.54, 1.807) is 0 Å². The van der Waals surface area contributed by atoms with Crippen LogP contribution in [0.25, 0.3) is 77.2 Å². The summed E-state index contributed by atoms with van der Waals surface area (Å²) in [6.07, 6.45) is 0. The summed E-state index contributed by atoms with van der Waals surface area (Å²) in [5.41, 5.74) is 12.9. The van der Waals surface area contributed by atoms with Crippen molar-refractivity contribution < 1.29 is 0 Å². The molecule has 0 unspecified atom stereocenters.